The highest BCUT2D eigenvalue weighted by Crippen LogP contribution is 2.30. The minimum absolute atomic E-state index is 0.197. The molecule has 2 nitrogen and oxygen atoms in total. The molecular formula is C11H20O2. The molecule has 1 fully saturated rings. The zero-order valence-electron chi connectivity index (χ0n) is 8.93. The van der Waals surface area contributed by atoms with Crippen LogP contribution in [0.25, 0.3) is 0 Å². The Hall–Kier alpha value is -0.370. The molecule has 0 aromatic heterocycles. The first-order valence-corrected chi connectivity index (χ1v) is 5.32. The van der Waals surface area contributed by atoms with Crippen molar-refractivity contribution in [1.29, 1.82) is 0 Å². The molecule has 0 saturated carbocycles. The van der Waals surface area contributed by atoms with Crippen molar-refractivity contribution in [2.24, 2.45) is 5.92 Å². The van der Waals surface area contributed by atoms with Gasteiger partial charge in [-0.05, 0) is 32.6 Å². The molecule has 0 amide bonds. The minimum atomic E-state index is -0.462. The monoisotopic (exact) mass is 184 g/mol. The van der Waals surface area contributed by atoms with Crippen LogP contribution in [0.4, 0.5) is 0 Å². The molecule has 13 heavy (non-hydrogen) atoms. The average Bonchev–Trinajstić information content (AvgIpc) is 2.55. The number of Topliss-reactive ketones (excluding diaryl/α,β-unsaturated/α-hetero) is 1. The summed E-state index contributed by atoms with van der Waals surface area (Å²) in [6.45, 7) is 6.85. The fourth-order valence-corrected chi connectivity index (χ4v) is 2.06. The molecule has 1 aliphatic heterocycles. The van der Waals surface area contributed by atoms with E-state index >= 15 is 0 Å². The van der Waals surface area contributed by atoms with Crippen LogP contribution in [0.1, 0.15) is 46.5 Å². The fraction of sp³-hybridized carbons (Fsp3) is 0.909. The lowest BCUT2D eigenvalue weighted by Crippen LogP contribution is -2.38. The third-order valence-electron chi connectivity index (χ3n) is 3.10. The summed E-state index contributed by atoms with van der Waals surface area (Å²) in [7, 11) is 0. The zero-order chi connectivity index (χ0) is 9.90. The van der Waals surface area contributed by atoms with Gasteiger partial charge >= 0.3 is 0 Å². The van der Waals surface area contributed by atoms with Gasteiger partial charge in [0, 0.05) is 12.5 Å². The molecule has 76 valence electrons. The summed E-state index contributed by atoms with van der Waals surface area (Å²) in [5.41, 5.74) is -0.462. The van der Waals surface area contributed by atoms with E-state index in [-0.39, 0.29) is 5.92 Å². The fourth-order valence-electron chi connectivity index (χ4n) is 2.06. The van der Waals surface area contributed by atoms with Crippen LogP contribution in [0, 0.1) is 5.92 Å². The predicted octanol–water partition coefficient (Wildman–Crippen LogP) is 2.56. The maximum absolute atomic E-state index is 12.0. The van der Waals surface area contributed by atoms with Gasteiger partial charge in [0.05, 0.1) is 0 Å². The Balaban J connectivity index is 2.64. The third kappa shape index (κ3) is 2.11. The highest BCUT2D eigenvalue weighted by atomic mass is 16.5. The van der Waals surface area contributed by atoms with Gasteiger partial charge in [-0.1, -0.05) is 13.8 Å². The van der Waals surface area contributed by atoms with E-state index in [1.54, 1.807) is 0 Å². The van der Waals surface area contributed by atoms with Crippen molar-refractivity contribution in [2.75, 3.05) is 6.61 Å². The van der Waals surface area contributed by atoms with E-state index in [1.165, 1.54) is 0 Å². The van der Waals surface area contributed by atoms with E-state index in [2.05, 4.69) is 13.8 Å². The van der Waals surface area contributed by atoms with Gasteiger partial charge in [0.1, 0.15) is 5.60 Å². The molecule has 0 radical (unpaired) electrons. The third-order valence-corrected chi connectivity index (χ3v) is 3.10. The zero-order valence-corrected chi connectivity index (χ0v) is 8.93. The van der Waals surface area contributed by atoms with Crippen LogP contribution in [0.15, 0.2) is 0 Å². The minimum Gasteiger partial charge on any atom is -0.367 e. The molecule has 1 atom stereocenters. The van der Waals surface area contributed by atoms with Gasteiger partial charge in [-0.15, -0.1) is 0 Å². The predicted molar refractivity (Wildman–Crippen MR) is 52.7 cm³/mol. The molecule has 0 aliphatic carbocycles. The molecule has 0 aromatic rings. The summed E-state index contributed by atoms with van der Waals surface area (Å²) in [6.07, 6.45) is 3.81. The summed E-state index contributed by atoms with van der Waals surface area (Å²) < 4.78 is 5.54. The van der Waals surface area contributed by atoms with Gasteiger partial charge in [0.25, 0.3) is 0 Å². The molecule has 1 aliphatic rings. The summed E-state index contributed by atoms with van der Waals surface area (Å²) in [5.74, 6) is 0.512. The van der Waals surface area contributed by atoms with E-state index in [9.17, 15) is 4.79 Å². The Morgan fingerprint density at radius 2 is 2.08 bits per heavy atom. The Kier molecular flexibility index (Phi) is 3.48. The first-order chi connectivity index (χ1) is 6.14. The second-order valence-corrected chi connectivity index (χ2v) is 4.06. The Morgan fingerprint density at radius 3 is 2.46 bits per heavy atom. The van der Waals surface area contributed by atoms with Crippen LogP contribution >= 0.6 is 0 Å². The maximum Gasteiger partial charge on any atom is 0.167 e. The second-order valence-electron chi connectivity index (χ2n) is 4.06. The molecule has 2 heteroatoms. The van der Waals surface area contributed by atoms with E-state index in [1.807, 2.05) is 6.92 Å². The number of ether oxygens (including phenoxy) is 1. The van der Waals surface area contributed by atoms with E-state index in [4.69, 9.17) is 4.74 Å². The number of hydrogen-bond donors (Lipinski definition) is 0. The number of rotatable bonds is 4. The van der Waals surface area contributed by atoms with Crippen LogP contribution < -0.4 is 0 Å². The van der Waals surface area contributed by atoms with Gasteiger partial charge in [-0.25, -0.2) is 0 Å². The quantitative estimate of drug-likeness (QED) is 0.671. The molecular weight excluding hydrogens is 164 g/mol. The number of carbonyl (C=O) groups excluding carboxylic acids is 1. The van der Waals surface area contributed by atoms with Crippen LogP contribution in [-0.4, -0.2) is 18.0 Å². The van der Waals surface area contributed by atoms with Crippen molar-refractivity contribution in [3.8, 4) is 0 Å². The smallest absolute Gasteiger partial charge is 0.167 e. The van der Waals surface area contributed by atoms with Crippen LogP contribution in [0.5, 0.6) is 0 Å². The van der Waals surface area contributed by atoms with Crippen molar-refractivity contribution < 1.29 is 9.53 Å². The van der Waals surface area contributed by atoms with Gasteiger partial charge in [0.15, 0.2) is 5.78 Å². The molecule has 0 aromatic carbocycles. The molecule has 0 spiro atoms. The molecule has 0 bridgehead atoms. The largest absolute Gasteiger partial charge is 0.367 e. The van der Waals surface area contributed by atoms with Crippen LogP contribution in [-0.2, 0) is 9.53 Å². The topological polar surface area (TPSA) is 26.3 Å². The lowest BCUT2D eigenvalue weighted by molar-refractivity contribution is -0.141. The van der Waals surface area contributed by atoms with Crippen molar-refractivity contribution in [2.45, 2.75) is 52.1 Å². The summed E-state index contributed by atoms with van der Waals surface area (Å²) in [5, 5.41) is 0. The molecule has 1 saturated heterocycles. The van der Waals surface area contributed by atoms with Crippen LogP contribution in [0.2, 0.25) is 0 Å². The SMILES string of the molecule is CCC(CC)C(=O)C1(C)CCCO1. The highest BCUT2D eigenvalue weighted by molar-refractivity contribution is 5.89. The van der Waals surface area contributed by atoms with Crippen molar-refractivity contribution >= 4 is 5.78 Å². The van der Waals surface area contributed by atoms with Crippen molar-refractivity contribution in [1.82, 2.24) is 0 Å². The van der Waals surface area contributed by atoms with Gasteiger partial charge in [-0.2, -0.15) is 0 Å². The second kappa shape index (κ2) is 4.23. The maximum atomic E-state index is 12.0. The summed E-state index contributed by atoms with van der Waals surface area (Å²) in [6, 6.07) is 0. The summed E-state index contributed by atoms with van der Waals surface area (Å²) in [4.78, 5) is 12.0. The Bertz CT molecular complexity index is 177. The highest BCUT2D eigenvalue weighted by Gasteiger charge is 2.39. The average molecular weight is 184 g/mol. The Labute approximate surface area is 80.7 Å². The van der Waals surface area contributed by atoms with E-state index in [0.717, 1.165) is 32.3 Å². The van der Waals surface area contributed by atoms with E-state index < -0.39 is 5.60 Å². The number of ketones is 1. The molecule has 1 unspecified atom stereocenters. The first-order valence-electron chi connectivity index (χ1n) is 5.32. The van der Waals surface area contributed by atoms with Gasteiger partial charge in [0.2, 0.25) is 0 Å². The van der Waals surface area contributed by atoms with Crippen molar-refractivity contribution in [3.63, 3.8) is 0 Å². The molecule has 0 N–H and O–H groups in total. The van der Waals surface area contributed by atoms with Crippen molar-refractivity contribution in [3.05, 3.63) is 0 Å². The van der Waals surface area contributed by atoms with Crippen LogP contribution in [0.3, 0.4) is 0 Å². The Morgan fingerprint density at radius 1 is 1.46 bits per heavy atom. The standard InChI is InChI=1S/C11H20O2/c1-4-9(5-2)10(12)11(3)7-6-8-13-11/h9H,4-8H2,1-3H3. The first kappa shape index (κ1) is 10.7. The van der Waals surface area contributed by atoms with Gasteiger partial charge < -0.3 is 4.74 Å². The lowest BCUT2D eigenvalue weighted by Gasteiger charge is -2.25. The number of carbonyl (C=O) groups is 1. The molecule has 1 heterocycles. The van der Waals surface area contributed by atoms with Gasteiger partial charge in [-0.3, -0.25) is 4.79 Å². The molecule has 1 rings (SSSR count). The number of hydrogen-bond acceptors (Lipinski definition) is 2. The summed E-state index contributed by atoms with van der Waals surface area (Å²) >= 11 is 0. The lowest BCUT2D eigenvalue weighted by atomic mass is 9.85. The normalized spacial score (nSPS) is 28.3. The van der Waals surface area contributed by atoms with E-state index in [0.29, 0.717) is 5.78 Å².